The molecule has 2 bridgehead atoms. The Morgan fingerprint density at radius 2 is 2.07 bits per heavy atom. The third-order valence-corrected chi connectivity index (χ3v) is 5.14. The van der Waals surface area contributed by atoms with E-state index in [1.165, 1.54) is 6.07 Å². The minimum Gasteiger partial charge on any atom is -0.367 e. The van der Waals surface area contributed by atoms with Crippen LogP contribution in [0.5, 0.6) is 0 Å². The van der Waals surface area contributed by atoms with Crippen LogP contribution in [0.1, 0.15) is 12.0 Å². The zero-order chi connectivity index (χ0) is 19.7. The number of halogens is 2. The van der Waals surface area contributed by atoms with E-state index in [0.717, 1.165) is 11.3 Å². The molecule has 0 aromatic heterocycles. The van der Waals surface area contributed by atoms with E-state index in [1.807, 2.05) is 12.1 Å². The van der Waals surface area contributed by atoms with Gasteiger partial charge in [0.15, 0.2) is 11.6 Å². The number of fused-ring (bicyclic) bond motifs is 2. The van der Waals surface area contributed by atoms with E-state index < -0.39 is 35.4 Å². The summed E-state index contributed by atoms with van der Waals surface area (Å²) in [4.78, 5) is 14.0. The molecule has 0 unspecified atom stereocenters. The summed E-state index contributed by atoms with van der Waals surface area (Å²) in [7, 11) is 0. The summed E-state index contributed by atoms with van der Waals surface area (Å²) in [6.45, 7) is 1.31. The van der Waals surface area contributed by atoms with E-state index in [9.17, 15) is 14.4 Å². The largest absolute Gasteiger partial charge is 0.367 e. The minimum absolute atomic E-state index is 0.00820. The number of rotatable bonds is 2. The van der Waals surface area contributed by atoms with Crippen molar-refractivity contribution in [1.29, 1.82) is 5.26 Å². The average molecular weight is 383 g/mol. The lowest BCUT2D eigenvalue weighted by Crippen LogP contribution is -2.52. The first kappa shape index (κ1) is 18.5. The van der Waals surface area contributed by atoms with Crippen molar-refractivity contribution in [2.24, 2.45) is 0 Å². The first-order valence-corrected chi connectivity index (χ1v) is 9.23. The molecular weight excluding hydrogens is 364 g/mol. The van der Waals surface area contributed by atoms with Gasteiger partial charge in [-0.25, -0.2) is 8.78 Å². The quantitative estimate of drug-likeness (QED) is 0.866. The zero-order valence-corrected chi connectivity index (χ0v) is 15.1. The highest BCUT2D eigenvalue weighted by Gasteiger charge is 2.40. The molecular formula is C21H19F2N3O2. The van der Waals surface area contributed by atoms with Crippen LogP contribution in [0.15, 0.2) is 36.4 Å². The van der Waals surface area contributed by atoms with Gasteiger partial charge in [0, 0.05) is 25.1 Å². The summed E-state index contributed by atoms with van der Waals surface area (Å²) < 4.78 is 35.8. The first-order valence-electron chi connectivity index (χ1n) is 9.23. The van der Waals surface area contributed by atoms with Crippen LogP contribution in [0.25, 0.3) is 11.1 Å². The molecule has 2 heterocycles. The van der Waals surface area contributed by atoms with E-state index in [2.05, 4.69) is 5.32 Å². The van der Waals surface area contributed by atoms with Crippen molar-refractivity contribution < 1.29 is 18.3 Å². The number of carbonyl (C=O) groups is 1. The molecule has 2 atom stereocenters. The molecule has 144 valence electrons. The van der Waals surface area contributed by atoms with E-state index >= 15 is 4.39 Å². The van der Waals surface area contributed by atoms with Crippen molar-refractivity contribution in [1.82, 2.24) is 5.32 Å². The number of nitrogens with one attached hydrogen (secondary N) is 1. The van der Waals surface area contributed by atoms with E-state index in [-0.39, 0.29) is 18.5 Å². The van der Waals surface area contributed by atoms with Crippen molar-refractivity contribution in [2.45, 2.75) is 25.0 Å². The fourth-order valence-electron chi connectivity index (χ4n) is 3.78. The predicted molar refractivity (Wildman–Crippen MR) is 99.6 cm³/mol. The summed E-state index contributed by atoms with van der Waals surface area (Å²) in [6, 6.07) is 11.2. The van der Waals surface area contributed by atoms with E-state index in [4.69, 9.17) is 4.74 Å². The van der Waals surface area contributed by atoms with Gasteiger partial charge in [-0.1, -0.05) is 30.3 Å². The third-order valence-electron chi connectivity index (χ3n) is 5.14. The molecule has 2 aromatic rings. The second kappa shape index (κ2) is 7.66. The molecule has 5 nitrogen and oxygen atoms in total. The smallest absolute Gasteiger partial charge is 0.258 e. The number of nitriles is 1. The number of amides is 1. The Bertz CT molecular complexity index is 935. The molecule has 7 heteroatoms. The standard InChI is InChI=1S/C21H19F2N3O2/c22-17-10-15(13-5-2-1-3-6-13)16-9-14(11-24)26(20(17)19(16)23)21(27)18-12-25-7-4-8-28-18/h1-3,5-6,10,14,18,25H,4,7-9,12H2/t14-,18-/m0/s1. The van der Waals surface area contributed by atoms with E-state index in [1.54, 1.807) is 24.3 Å². The summed E-state index contributed by atoms with van der Waals surface area (Å²) in [5.74, 6) is -2.26. The van der Waals surface area contributed by atoms with Gasteiger partial charge in [0.25, 0.3) is 5.91 Å². The highest BCUT2D eigenvalue weighted by molar-refractivity contribution is 5.99. The summed E-state index contributed by atoms with van der Waals surface area (Å²) in [6.07, 6.45) is -0.150. The normalized spacial score (nSPS) is 21.7. The van der Waals surface area contributed by atoms with Crippen LogP contribution in [0, 0.1) is 23.0 Å². The third kappa shape index (κ3) is 3.15. The lowest BCUT2D eigenvalue weighted by atomic mass is 9.89. The zero-order valence-electron chi connectivity index (χ0n) is 15.1. The monoisotopic (exact) mass is 383 g/mol. The SMILES string of the molecule is N#C[C@@H]1Cc2c(-c3ccccc3)cc(F)c(c2F)N1C(=O)[C@@H]1CNCCCO1. The summed E-state index contributed by atoms with van der Waals surface area (Å²) in [5, 5.41) is 12.7. The Morgan fingerprint density at radius 3 is 2.82 bits per heavy atom. The first-order chi connectivity index (χ1) is 13.6. The second-order valence-electron chi connectivity index (χ2n) is 6.89. The van der Waals surface area contributed by atoms with Crippen LogP contribution >= 0.6 is 0 Å². The number of ether oxygens (including phenoxy) is 1. The Morgan fingerprint density at radius 1 is 1.29 bits per heavy atom. The topological polar surface area (TPSA) is 65.4 Å². The van der Waals surface area contributed by atoms with Crippen LogP contribution in [-0.2, 0) is 16.0 Å². The number of nitrogens with zero attached hydrogens (tertiary/aromatic N) is 2. The van der Waals surface area contributed by atoms with Gasteiger partial charge in [0.1, 0.15) is 17.8 Å². The highest BCUT2D eigenvalue weighted by atomic mass is 19.1. The van der Waals surface area contributed by atoms with Crippen molar-refractivity contribution >= 4 is 11.6 Å². The Kier molecular flexibility index (Phi) is 5.07. The van der Waals surface area contributed by atoms with Gasteiger partial charge in [-0.05, 0) is 30.2 Å². The van der Waals surface area contributed by atoms with Gasteiger partial charge in [-0.3, -0.25) is 9.69 Å². The number of hydrogen-bond acceptors (Lipinski definition) is 4. The number of hydrogen-bond donors (Lipinski definition) is 1. The summed E-state index contributed by atoms with van der Waals surface area (Å²) in [5.41, 5.74) is 0.845. The molecule has 28 heavy (non-hydrogen) atoms. The maximum Gasteiger partial charge on any atom is 0.258 e. The lowest BCUT2D eigenvalue weighted by Gasteiger charge is -2.35. The maximum atomic E-state index is 15.2. The molecule has 2 aromatic carbocycles. The Hall–Kier alpha value is -2.82. The van der Waals surface area contributed by atoms with Gasteiger partial charge < -0.3 is 10.1 Å². The molecule has 0 saturated carbocycles. The van der Waals surface area contributed by atoms with Crippen LogP contribution in [0.3, 0.4) is 0 Å². The van der Waals surface area contributed by atoms with Crippen molar-refractivity contribution in [2.75, 3.05) is 24.6 Å². The van der Waals surface area contributed by atoms with Crippen LogP contribution in [0.4, 0.5) is 14.5 Å². The van der Waals surface area contributed by atoms with Gasteiger partial charge in [-0.15, -0.1) is 0 Å². The van der Waals surface area contributed by atoms with Crippen LogP contribution in [-0.4, -0.2) is 37.7 Å². The molecule has 0 spiro atoms. The van der Waals surface area contributed by atoms with E-state index in [0.29, 0.717) is 24.3 Å². The molecule has 1 amide bonds. The van der Waals surface area contributed by atoms with Crippen molar-refractivity contribution in [3.05, 3.63) is 53.6 Å². The highest BCUT2D eigenvalue weighted by Crippen LogP contribution is 2.40. The molecule has 1 saturated heterocycles. The second-order valence-corrected chi connectivity index (χ2v) is 6.89. The molecule has 2 aliphatic rings. The van der Waals surface area contributed by atoms with Crippen LogP contribution < -0.4 is 10.2 Å². The number of benzene rings is 2. The number of anilines is 1. The molecule has 0 aliphatic carbocycles. The Labute approximate surface area is 161 Å². The van der Waals surface area contributed by atoms with Gasteiger partial charge in [-0.2, -0.15) is 5.26 Å². The van der Waals surface area contributed by atoms with Crippen molar-refractivity contribution in [3.63, 3.8) is 0 Å². The van der Waals surface area contributed by atoms with Gasteiger partial charge in [0.05, 0.1) is 6.07 Å². The van der Waals surface area contributed by atoms with Gasteiger partial charge >= 0.3 is 0 Å². The van der Waals surface area contributed by atoms with Crippen molar-refractivity contribution in [3.8, 4) is 17.2 Å². The molecule has 0 radical (unpaired) electrons. The minimum atomic E-state index is -0.998. The fourth-order valence-corrected chi connectivity index (χ4v) is 3.78. The summed E-state index contributed by atoms with van der Waals surface area (Å²) >= 11 is 0. The Balaban J connectivity index is 1.79. The lowest BCUT2D eigenvalue weighted by molar-refractivity contribution is -0.129. The predicted octanol–water partition coefficient (Wildman–Crippen LogP) is 2.79. The molecule has 4 rings (SSSR count). The van der Waals surface area contributed by atoms with Gasteiger partial charge in [0.2, 0.25) is 0 Å². The average Bonchev–Trinajstić information content (AvgIpc) is 3.00. The van der Waals surface area contributed by atoms with Crippen LogP contribution in [0.2, 0.25) is 0 Å². The fraction of sp³-hybridized carbons (Fsp3) is 0.333. The number of carbonyl (C=O) groups excluding carboxylic acids is 1. The molecule has 2 aliphatic heterocycles. The molecule has 1 N–H and O–H groups in total. The molecule has 1 fully saturated rings. The maximum absolute atomic E-state index is 15.2.